The van der Waals surface area contributed by atoms with E-state index < -0.39 is 0 Å². The van der Waals surface area contributed by atoms with Crippen molar-refractivity contribution in [3.05, 3.63) is 48.3 Å². The molecule has 3 amide bonds. The molecule has 1 unspecified atom stereocenters. The van der Waals surface area contributed by atoms with Crippen LogP contribution >= 0.6 is 0 Å². The zero-order valence-electron chi connectivity index (χ0n) is 16.3. The van der Waals surface area contributed by atoms with E-state index in [1.807, 2.05) is 22.8 Å². The highest BCUT2D eigenvalue weighted by Crippen LogP contribution is 2.20. The largest absolute Gasteiger partial charge is 0.335 e. The Morgan fingerprint density at radius 2 is 2.04 bits per heavy atom. The summed E-state index contributed by atoms with van der Waals surface area (Å²) < 4.78 is 0. The van der Waals surface area contributed by atoms with Crippen LogP contribution < -0.4 is 5.32 Å². The van der Waals surface area contributed by atoms with Gasteiger partial charge in [0.2, 0.25) is 5.91 Å². The Morgan fingerprint density at radius 1 is 1.25 bits per heavy atom. The number of hydrogen-bond donors (Lipinski definition) is 1. The van der Waals surface area contributed by atoms with Crippen molar-refractivity contribution in [2.24, 2.45) is 0 Å². The first-order valence-corrected chi connectivity index (χ1v) is 9.52. The highest BCUT2D eigenvalue weighted by atomic mass is 16.2. The summed E-state index contributed by atoms with van der Waals surface area (Å²) >= 11 is 0. The van der Waals surface area contributed by atoms with Crippen molar-refractivity contribution in [1.29, 1.82) is 0 Å². The fourth-order valence-corrected chi connectivity index (χ4v) is 3.53. The van der Waals surface area contributed by atoms with Crippen LogP contribution in [0.5, 0.6) is 0 Å². The first-order valence-electron chi connectivity index (χ1n) is 9.52. The van der Waals surface area contributed by atoms with E-state index in [1.54, 1.807) is 31.6 Å². The number of aryl methyl sites for hydroxylation is 1. The second-order valence-electron chi connectivity index (χ2n) is 7.08. The average molecular weight is 382 g/mol. The molecular weight excluding hydrogens is 356 g/mol. The second-order valence-corrected chi connectivity index (χ2v) is 7.08. The predicted molar refractivity (Wildman–Crippen MR) is 105 cm³/mol. The van der Waals surface area contributed by atoms with Crippen molar-refractivity contribution in [2.45, 2.75) is 45.7 Å². The Morgan fingerprint density at radius 3 is 2.75 bits per heavy atom. The van der Waals surface area contributed by atoms with Crippen LogP contribution in [0, 0.1) is 6.92 Å². The summed E-state index contributed by atoms with van der Waals surface area (Å²) in [5.41, 5.74) is 2.51. The number of aromatic nitrogens is 3. The van der Waals surface area contributed by atoms with Crippen molar-refractivity contribution in [2.75, 3.05) is 18.4 Å². The molecule has 3 heterocycles. The van der Waals surface area contributed by atoms with Crippen molar-refractivity contribution < 1.29 is 9.59 Å². The van der Waals surface area contributed by atoms with Gasteiger partial charge in [-0.3, -0.25) is 9.78 Å². The molecule has 28 heavy (non-hydrogen) atoms. The lowest BCUT2D eigenvalue weighted by Gasteiger charge is -2.30. The molecule has 0 spiro atoms. The van der Waals surface area contributed by atoms with Gasteiger partial charge >= 0.3 is 6.03 Å². The van der Waals surface area contributed by atoms with Crippen molar-refractivity contribution in [3.8, 4) is 0 Å². The predicted octanol–water partition coefficient (Wildman–Crippen LogP) is 2.62. The lowest BCUT2D eigenvalue weighted by atomic mass is 10.1. The summed E-state index contributed by atoms with van der Waals surface area (Å²) in [4.78, 5) is 40.7. The van der Waals surface area contributed by atoms with Gasteiger partial charge in [-0.25, -0.2) is 14.8 Å². The van der Waals surface area contributed by atoms with Crippen molar-refractivity contribution >= 4 is 17.6 Å². The number of likely N-dealkylation sites (tertiary alicyclic amines) is 1. The number of nitrogens with zero attached hydrogens (tertiary/aromatic N) is 5. The molecule has 1 aliphatic heterocycles. The summed E-state index contributed by atoms with van der Waals surface area (Å²) in [6.45, 7) is 5.25. The van der Waals surface area contributed by atoms with Crippen molar-refractivity contribution in [3.63, 3.8) is 0 Å². The van der Waals surface area contributed by atoms with E-state index in [4.69, 9.17) is 0 Å². The smallest absolute Gasteiger partial charge is 0.321 e. The Labute approximate surface area is 165 Å². The van der Waals surface area contributed by atoms with E-state index in [2.05, 4.69) is 20.3 Å². The summed E-state index contributed by atoms with van der Waals surface area (Å²) in [6, 6.07) is 3.61. The second kappa shape index (κ2) is 9.25. The van der Waals surface area contributed by atoms with Crippen LogP contribution in [0.1, 0.15) is 37.4 Å². The number of amides is 3. The van der Waals surface area contributed by atoms with Crippen LogP contribution in [0.3, 0.4) is 0 Å². The number of anilines is 1. The van der Waals surface area contributed by atoms with Gasteiger partial charge in [0.15, 0.2) is 0 Å². The topological polar surface area (TPSA) is 91.3 Å². The molecule has 1 saturated heterocycles. The molecular formula is C20H26N6O2. The lowest BCUT2D eigenvalue weighted by molar-refractivity contribution is -0.132. The summed E-state index contributed by atoms with van der Waals surface area (Å²) in [5.74, 6) is 0.0269. The van der Waals surface area contributed by atoms with Crippen LogP contribution in [0.2, 0.25) is 0 Å². The number of nitrogens with one attached hydrogen (secondary N) is 1. The third kappa shape index (κ3) is 5.25. The van der Waals surface area contributed by atoms with Gasteiger partial charge < -0.3 is 15.1 Å². The SMILES string of the molecule is CC(=O)N(Cc1cncnc1)C1CCCN(C(=O)Nc2ccnc(C)c2)CC1. The standard InChI is InChI=1S/C20H26N6O2/c1-15-10-18(5-7-23-15)24-20(28)25-8-3-4-19(6-9-25)26(16(2)27)13-17-11-21-14-22-12-17/h5,7,10-12,14,19H,3-4,6,8-9,13H2,1-2H3,(H,23,24,28). The van der Waals surface area contributed by atoms with Gasteiger partial charge in [0.05, 0.1) is 0 Å². The van der Waals surface area contributed by atoms with E-state index in [1.165, 1.54) is 6.33 Å². The normalized spacial score (nSPS) is 16.9. The van der Waals surface area contributed by atoms with Crippen LogP contribution in [-0.4, -0.2) is 55.8 Å². The number of hydrogen-bond acceptors (Lipinski definition) is 5. The number of rotatable bonds is 4. The maximum atomic E-state index is 12.6. The highest BCUT2D eigenvalue weighted by molar-refractivity contribution is 5.89. The van der Waals surface area contributed by atoms with Gasteiger partial charge in [-0.05, 0) is 38.3 Å². The van der Waals surface area contributed by atoms with Crippen LogP contribution in [0.4, 0.5) is 10.5 Å². The number of pyridine rings is 1. The molecule has 2 aromatic heterocycles. The number of carbonyl (C=O) groups excluding carboxylic acids is 2. The molecule has 2 aromatic rings. The maximum Gasteiger partial charge on any atom is 0.321 e. The molecule has 8 nitrogen and oxygen atoms in total. The average Bonchev–Trinajstić information content (AvgIpc) is 2.93. The molecule has 0 radical (unpaired) electrons. The zero-order valence-corrected chi connectivity index (χ0v) is 16.3. The maximum absolute atomic E-state index is 12.6. The van der Waals surface area contributed by atoms with Gasteiger partial charge in [-0.15, -0.1) is 0 Å². The van der Waals surface area contributed by atoms with E-state index in [9.17, 15) is 9.59 Å². The van der Waals surface area contributed by atoms with E-state index in [-0.39, 0.29) is 18.0 Å². The molecule has 148 valence electrons. The minimum absolute atomic E-state index is 0.0269. The summed E-state index contributed by atoms with van der Waals surface area (Å²) in [7, 11) is 0. The molecule has 0 saturated carbocycles. The van der Waals surface area contributed by atoms with Crippen LogP contribution in [0.25, 0.3) is 0 Å². The van der Waals surface area contributed by atoms with Gasteiger partial charge in [0.25, 0.3) is 0 Å². The third-order valence-corrected chi connectivity index (χ3v) is 4.94. The molecule has 1 fully saturated rings. The quantitative estimate of drug-likeness (QED) is 0.878. The molecule has 8 heteroatoms. The lowest BCUT2D eigenvalue weighted by Crippen LogP contribution is -2.40. The number of carbonyl (C=O) groups is 2. The Kier molecular flexibility index (Phi) is 6.52. The fourth-order valence-electron chi connectivity index (χ4n) is 3.53. The van der Waals surface area contributed by atoms with Crippen molar-refractivity contribution in [1.82, 2.24) is 24.8 Å². The molecule has 0 aliphatic carbocycles. The molecule has 3 rings (SSSR count). The van der Waals surface area contributed by atoms with E-state index >= 15 is 0 Å². The molecule has 1 N–H and O–H groups in total. The molecule has 1 aliphatic rings. The highest BCUT2D eigenvalue weighted by Gasteiger charge is 2.26. The first kappa shape index (κ1) is 19.7. The summed E-state index contributed by atoms with van der Waals surface area (Å²) in [5, 5.41) is 2.94. The van der Waals surface area contributed by atoms with E-state index in [0.29, 0.717) is 19.6 Å². The Hall–Kier alpha value is -3.03. The van der Waals surface area contributed by atoms with Crippen LogP contribution in [-0.2, 0) is 11.3 Å². The van der Waals surface area contributed by atoms with Gasteiger partial charge in [0, 0.05) is 68.1 Å². The molecule has 1 atom stereocenters. The number of urea groups is 1. The molecule has 0 bridgehead atoms. The zero-order chi connectivity index (χ0) is 19.9. The first-order chi connectivity index (χ1) is 13.5. The third-order valence-electron chi connectivity index (χ3n) is 4.94. The minimum Gasteiger partial charge on any atom is -0.335 e. The monoisotopic (exact) mass is 382 g/mol. The Balaban J connectivity index is 1.61. The minimum atomic E-state index is -0.114. The van der Waals surface area contributed by atoms with Gasteiger partial charge in [0.1, 0.15) is 6.33 Å². The van der Waals surface area contributed by atoms with Gasteiger partial charge in [-0.1, -0.05) is 0 Å². The Bertz CT molecular complexity index is 813. The molecule has 0 aromatic carbocycles. The fraction of sp³-hybridized carbons (Fsp3) is 0.450. The van der Waals surface area contributed by atoms with E-state index in [0.717, 1.165) is 36.2 Å². The van der Waals surface area contributed by atoms with Gasteiger partial charge in [-0.2, -0.15) is 0 Å². The van der Waals surface area contributed by atoms with Crippen LogP contribution in [0.15, 0.2) is 37.1 Å². The summed E-state index contributed by atoms with van der Waals surface area (Å²) in [6.07, 6.45) is 9.09.